The Bertz CT molecular complexity index is 514. The molecule has 1 aromatic heterocycles. The highest BCUT2D eigenvalue weighted by molar-refractivity contribution is 9.10. The second-order valence-corrected chi connectivity index (χ2v) is 4.41. The summed E-state index contributed by atoms with van der Waals surface area (Å²) in [6.45, 7) is 1.70. The van der Waals surface area contributed by atoms with E-state index in [1.165, 1.54) is 0 Å². The van der Waals surface area contributed by atoms with Crippen LogP contribution in [0.25, 0.3) is 0 Å². The number of hydrogen-bond donors (Lipinski definition) is 1. The molecule has 0 bridgehead atoms. The minimum Gasteiger partial charge on any atom is -0.424 e. The molecule has 2 aromatic rings. The van der Waals surface area contributed by atoms with Crippen LogP contribution in [0.1, 0.15) is 11.4 Å². The maximum atomic E-state index is 9.04. The third kappa shape index (κ3) is 3.25. The van der Waals surface area contributed by atoms with E-state index in [0.717, 1.165) is 10.2 Å². The molecule has 0 saturated heterocycles. The molecule has 2 rings (SSSR count). The summed E-state index contributed by atoms with van der Waals surface area (Å²) >= 11 is 3.35. The summed E-state index contributed by atoms with van der Waals surface area (Å²) in [5, 5.41) is 9.04. The fourth-order valence-electron chi connectivity index (χ4n) is 1.34. The SMILES string of the molecule is Cc1cc(CO)nc(Oc2ccc(Br)cc2)n1. The molecule has 0 amide bonds. The fourth-order valence-corrected chi connectivity index (χ4v) is 1.60. The molecule has 0 aliphatic heterocycles. The van der Waals surface area contributed by atoms with E-state index in [2.05, 4.69) is 25.9 Å². The first-order chi connectivity index (χ1) is 8.17. The molecule has 0 unspecified atom stereocenters. The van der Waals surface area contributed by atoms with Crippen molar-refractivity contribution in [3.05, 3.63) is 46.2 Å². The summed E-state index contributed by atoms with van der Waals surface area (Å²) in [6, 6.07) is 9.34. The number of aryl methyl sites for hydroxylation is 1. The zero-order chi connectivity index (χ0) is 12.3. The summed E-state index contributed by atoms with van der Waals surface area (Å²) in [7, 11) is 0. The Kier molecular flexibility index (Phi) is 3.71. The first-order valence-corrected chi connectivity index (χ1v) is 5.85. The van der Waals surface area contributed by atoms with E-state index in [4.69, 9.17) is 9.84 Å². The molecule has 0 aliphatic rings. The molecule has 0 radical (unpaired) electrons. The van der Waals surface area contributed by atoms with Crippen LogP contribution < -0.4 is 4.74 Å². The second-order valence-electron chi connectivity index (χ2n) is 3.50. The number of ether oxygens (including phenoxy) is 1. The van der Waals surface area contributed by atoms with Crippen molar-refractivity contribution in [3.8, 4) is 11.8 Å². The molecule has 0 spiro atoms. The van der Waals surface area contributed by atoms with Gasteiger partial charge in [-0.25, -0.2) is 4.98 Å². The molecular formula is C12H11BrN2O2. The number of aromatic nitrogens is 2. The van der Waals surface area contributed by atoms with Crippen LogP contribution in [0.15, 0.2) is 34.8 Å². The lowest BCUT2D eigenvalue weighted by Crippen LogP contribution is -1.98. The Morgan fingerprint density at radius 1 is 1.24 bits per heavy atom. The van der Waals surface area contributed by atoms with E-state index >= 15 is 0 Å². The maximum Gasteiger partial charge on any atom is 0.322 e. The predicted octanol–water partition coefficient (Wildman–Crippen LogP) is 2.83. The zero-order valence-electron chi connectivity index (χ0n) is 9.22. The van der Waals surface area contributed by atoms with E-state index in [0.29, 0.717) is 11.4 Å². The summed E-state index contributed by atoms with van der Waals surface area (Å²) in [4.78, 5) is 8.22. The van der Waals surface area contributed by atoms with Crippen LogP contribution in [0.5, 0.6) is 11.8 Å². The first-order valence-electron chi connectivity index (χ1n) is 5.06. The largest absolute Gasteiger partial charge is 0.424 e. The molecule has 0 saturated carbocycles. The molecule has 0 atom stereocenters. The molecule has 1 heterocycles. The van der Waals surface area contributed by atoms with Gasteiger partial charge in [-0.3, -0.25) is 0 Å². The topological polar surface area (TPSA) is 55.2 Å². The highest BCUT2D eigenvalue weighted by Gasteiger charge is 2.04. The second kappa shape index (κ2) is 5.25. The van der Waals surface area contributed by atoms with Gasteiger partial charge in [0, 0.05) is 10.2 Å². The van der Waals surface area contributed by atoms with Crippen LogP contribution in [-0.2, 0) is 6.61 Å². The number of halogens is 1. The highest BCUT2D eigenvalue weighted by Crippen LogP contribution is 2.21. The molecule has 0 fully saturated rings. The van der Waals surface area contributed by atoms with Gasteiger partial charge in [0.05, 0.1) is 12.3 Å². The third-order valence-electron chi connectivity index (χ3n) is 2.07. The van der Waals surface area contributed by atoms with E-state index in [9.17, 15) is 0 Å². The normalized spacial score (nSPS) is 10.3. The van der Waals surface area contributed by atoms with Gasteiger partial charge in [-0.2, -0.15) is 4.98 Å². The summed E-state index contributed by atoms with van der Waals surface area (Å²) < 4.78 is 6.48. The van der Waals surface area contributed by atoms with Crippen LogP contribution in [0.4, 0.5) is 0 Å². The van der Waals surface area contributed by atoms with Crippen molar-refractivity contribution in [2.45, 2.75) is 13.5 Å². The highest BCUT2D eigenvalue weighted by atomic mass is 79.9. The third-order valence-corrected chi connectivity index (χ3v) is 2.60. The van der Waals surface area contributed by atoms with Crippen molar-refractivity contribution < 1.29 is 9.84 Å². The lowest BCUT2D eigenvalue weighted by molar-refractivity contribution is 0.274. The van der Waals surface area contributed by atoms with Crippen molar-refractivity contribution in [1.82, 2.24) is 9.97 Å². The number of benzene rings is 1. The lowest BCUT2D eigenvalue weighted by atomic mass is 10.3. The van der Waals surface area contributed by atoms with E-state index < -0.39 is 0 Å². The van der Waals surface area contributed by atoms with Gasteiger partial charge in [0.25, 0.3) is 0 Å². The summed E-state index contributed by atoms with van der Waals surface area (Å²) in [5.41, 5.74) is 1.31. The summed E-state index contributed by atoms with van der Waals surface area (Å²) in [6.07, 6.45) is 0. The standard InChI is InChI=1S/C12H11BrN2O2/c1-8-6-10(7-16)15-12(14-8)17-11-4-2-9(13)3-5-11/h2-6,16H,7H2,1H3. The predicted molar refractivity (Wildman–Crippen MR) is 66.9 cm³/mol. The lowest BCUT2D eigenvalue weighted by Gasteiger charge is -2.06. The van der Waals surface area contributed by atoms with Crippen LogP contribution >= 0.6 is 15.9 Å². The molecular weight excluding hydrogens is 284 g/mol. The maximum absolute atomic E-state index is 9.04. The van der Waals surface area contributed by atoms with Crippen LogP contribution in [0, 0.1) is 6.92 Å². The molecule has 0 aliphatic carbocycles. The first kappa shape index (κ1) is 12.0. The number of aliphatic hydroxyl groups excluding tert-OH is 1. The van der Waals surface area contributed by atoms with Crippen molar-refractivity contribution in [2.24, 2.45) is 0 Å². The van der Waals surface area contributed by atoms with E-state index in [-0.39, 0.29) is 12.6 Å². The fraction of sp³-hybridized carbons (Fsp3) is 0.167. The Hall–Kier alpha value is -1.46. The van der Waals surface area contributed by atoms with E-state index in [1.54, 1.807) is 6.07 Å². The van der Waals surface area contributed by atoms with Crippen molar-refractivity contribution >= 4 is 15.9 Å². The monoisotopic (exact) mass is 294 g/mol. The minimum absolute atomic E-state index is 0.125. The van der Waals surface area contributed by atoms with Gasteiger partial charge in [-0.05, 0) is 37.3 Å². The Labute approximate surface area is 107 Å². The number of hydrogen-bond acceptors (Lipinski definition) is 4. The van der Waals surface area contributed by atoms with E-state index in [1.807, 2.05) is 31.2 Å². The van der Waals surface area contributed by atoms with Crippen molar-refractivity contribution in [2.75, 3.05) is 0 Å². The molecule has 1 N–H and O–H groups in total. The Morgan fingerprint density at radius 2 is 1.94 bits per heavy atom. The van der Waals surface area contributed by atoms with Crippen molar-refractivity contribution in [1.29, 1.82) is 0 Å². The molecule has 1 aromatic carbocycles. The van der Waals surface area contributed by atoms with Gasteiger partial charge in [0.15, 0.2) is 0 Å². The average molecular weight is 295 g/mol. The average Bonchev–Trinajstić information content (AvgIpc) is 2.31. The van der Waals surface area contributed by atoms with Gasteiger partial charge in [0.1, 0.15) is 5.75 Å². The quantitative estimate of drug-likeness (QED) is 0.946. The zero-order valence-corrected chi connectivity index (χ0v) is 10.8. The van der Waals surface area contributed by atoms with Crippen LogP contribution in [0.2, 0.25) is 0 Å². The minimum atomic E-state index is -0.125. The summed E-state index contributed by atoms with van der Waals surface area (Å²) in [5.74, 6) is 0.655. The Balaban J connectivity index is 2.23. The number of aliphatic hydroxyl groups is 1. The Morgan fingerprint density at radius 3 is 2.59 bits per heavy atom. The molecule has 17 heavy (non-hydrogen) atoms. The molecule has 4 nitrogen and oxygen atoms in total. The molecule has 88 valence electrons. The van der Waals surface area contributed by atoms with Gasteiger partial charge in [0.2, 0.25) is 0 Å². The van der Waals surface area contributed by atoms with Gasteiger partial charge < -0.3 is 9.84 Å². The van der Waals surface area contributed by atoms with Gasteiger partial charge >= 0.3 is 6.01 Å². The van der Waals surface area contributed by atoms with Crippen molar-refractivity contribution in [3.63, 3.8) is 0 Å². The number of rotatable bonds is 3. The van der Waals surface area contributed by atoms with Crippen LogP contribution in [0.3, 0.4) is 0 Å². The van der Waals surface area contributed by atoms with Crippen LogP contribution in [-0.4, -0.2) is 15.1 Å². The molecule has 5 heteroatoms. The van der Waals surface area contributed by atoms with Gasteiger partial charge in [-0.15, -0.1) is 0 Å². The smallest absolute Gasteiger partial charge is 0.322 e. The van der Waals surface area contributed by atoms with Gasteiger partial charge in [-0.1, -0.05) is 15.9 Å². The number of nitrogens with zero attached hydrogens (tertiary/aromatic N) is 2.